The van der Waals surface area contributed by atoms with Gasteiger partial charge in [-0.05, 0) is 47.0 Å². The second-order valence-corrected chi connectivity index (χ2v) is 9.09. The van der Waals surface area contributed by atoms with Crippen molar-refractivity contribution in [1.29, 1.82) is 0 Å². The van der Waals surface area contributed by atoms with Crippen LogP contribution in [-0.2, 0) is 16.0 Å². The quantitative estimate of drug-likeness (QED) is 0.466. The Bertz CT molecular complexity index is 1270. The molecule has 0 radical (unpaired) electrons. The van der Waals surface area contributed by atoms with Gasteiger partial charge < -0.3 is 19.3 Å². The van der Waals surface area contributed by atoms with Crippen molar-refractivity contribution in [2.24, 2.45) is 0 Å². The summed E-state index contributed by atoms with van der Waals surface area (Å²) in [5.41, 5.74) is 1.60. The second kappa shape index (κ2) is 9.69. The number of carbonyl (C=O) groups excluding carboxylic acids is 3. The topological polar surface area (TPSA) is 124 Å². The molecule has 0 unspecified atom stereocenters. The second-order valence-electron chi connectivity index (χ2n) is 7.32. The first-order valence-electron chi connectivity index (χ1n) is 10.3. The largest absolute Gasteiger partial charge is 0.454 e. The van der Waals surface area contributed by atoms with Gasteiger partial charge in [-0.25, -0.2) is 0 Å². The minimum atomic E-state index is -0.395. The minimum Gasteiger partial charge on any atom is -0.454 e. The van der Waals surface area contributed by atoms with E-state index in [0.717, 1.165) is 27.8 Å². The van der Waals surface area contributed by atoms with Crippen molar-refractivity contribution in [3.05, 3.63) is 51.4 Å². The van der Waals surface area contributed by atoms with Crippen molar-refractivity contribution in [1.82, 2.24) is 20.4 Å². The summed E-state index contributed by atoms with van der Waals surface area (Å²) in [6.45, 7) is 0.391. The molecule has 174 valence electrons. The third-order valence-corrected chi connectivity index (χ3v) is 6.63. The molecule has 2 aromatic heterocycles. The van der Waals surface area contributed by atoms with Crippen LogP contribution in [0.4, 0.5) is 4.79 Å². The van der Waals surface area contributed by atoms with E-state index >= 15 is 0 Å². The van der Waals surface area contributed by atoms with E-state index < -0.39 is 5.91 Å². The van der Waals surface area contributed by atoms with E-state index in [9.17, 15) is 14.4 Å². The van der Waals surface area contributed by atoms with Gasteiger partial charge in [0.1, 0.15) is 0 Å². The van der Waals surface area contributed by atoms with Crippen LogP contribution < -0.4 is 14.8 Å². The van der Waals surface area contributed by atoms with Crippen molar-refractivity contribution in [2.45, 2.75) is 12.8 Å². The Morgan fingerprint density at radius 1 is 1.21 bits per heavy atom. The van der Waals surface area contributed by atoms with Gasteiger partial charge in [-0.15, -0.1) is 0 Å². The highest BCUT2D eigenvalue weighted by Gasteiger charge is 2.34. The molecule has 2 aliphatic heterocycles. The summed E-state index contributed by atoms with van der Waals surface area (Å²) < 4.78 is 15.8. The van der Waals surface area contributed by atoms with Crippen LogP contribution in [0.25, 0.3) is 17.5 Å². The SMILES string of the molecule is O=C(CCc1nc(-c2ccsc2)no1)NCCN1C(=O)S/C(=C\c2ccc3c(c2)OCO3)C1=O. The first-order chi connectivity index (χ1) is 16.6. The van der Waals surface area contributed by atoms with E-state index in [4.69, 9.17) is 14.0 Å². The van der Waals surface area contributed by atoms with Crippen LogP contribution in [0.15, 0.2) is 44.5 Å². The fourth-order valence-electron chi connectivity index (χ4n) is 3.33. The van der Waals surface area contributed by atoms with Gasteiger partial charge in [-0.1, -0.05) is 11.2 Å². The highest BCUT2D eigenvalue weighted by Crippen LogP contribution is 2.36. The highest BCUT2D eigenvalue weighted by atomic mass is 32.2. The number of thiophene rings is 1. The number of ether oxygens (including phenoxy) is 2. The van der Waals surface area contributed by atoms with Gasteiger partial charge in [0, 0.05) is 36.9 Å². The number of aromatic nitrogens is 2. The Hall–Kier alpha value is -3.64. The van der Waals surface area contributed by atoms with Gasteiger partial charge >= 0.3 is 0 Å². The average Bonchev–Trinajstić information content (AvgIpc) is 3.62. The van der Waals surface area contributed by atoms with Crippen molar-refractivity contribution in [2.75, 3.05) is 19.9 Å². The fourth-order valence-corrected chi connectivity index (χ4v) is 4.83. The number of amides is 3. The smallest absolute Gasteiger partial charge is 0.293 e. The Morgan fingerprint density at radius 3 is 2.94 bits per heavy atom. The molecule has 0 atom stereocenters. The summed E-state index contributed by atoms with van der Waals surface area (Å²) in [7, 11) is 0. The maximum atomic E-state index is 12.7. The molecule has 0 spiro atoms. The third-order valence-electron chi connectivity index (χ3n) is 5.04. The molecule has 1 fully saturated rings. The summed E-state index contributed by atoms with van der Waals surface area (Å²) in [4.78, 5) is 42.8. The lowest BCUT2D eigenvalue weighted by Gasteiger charge is -2.12. The van der Waals surface area contributed by atoms with Gasteiger partial charge in [-0.3, -0.25) is 19.3 Å². The first kappa shape index (κ1) is 22.2. The standard InChI is InChI=1S/C22H18N4O6S2/c27-18(3-4-19-24-20(25-32-19)14-5-8-33-11-14)23-6-7-26-21(28)17(34-22(26)29)10-13-1-2-15-16(9-13)31-12-30-15/h1-2,5,8-11H,3-4,6-7,12H2,(H,23,27)/b17-10-. The minimum absolute atomic E-state index is 0.0811. The van der Waals surface area contributed by atoms with E-state index in [1.807, 2.05) is 16.8 Å². The molecule has 5 rings (SSSR count). The molecular formula is C22H18N4O6S2. The summed E-state index contributed by atoms with van der Waals surface area (Å²) in [6, 6.07) is 7.18. The number of nitrogens with one attached hydrogen (secondary N) is 1. The molecule has 1 aromatic carbocycles. The number of nitrogens with zero attached hydrogens (tertiary/aromatic N) is 3. The Balaban J connectivity index is 1.09. The predicted molar refractivity (Wildman–Crippen MR) is 124 cm³/mol. The number of thioether (sulfide) groups is 1. The lowest BCUT2D eigenvalue weighted by atomic mass is 10.2. The lowest BCUT2D eigenvalue weighted by molar-refractivity contribution is -0.124. The number of hydrogen-bond acceptors (Lipinski definition) is 10. The van der Waals surface area contributed by atoms with E-state index in [1.54, 1.807) is 24.3 Å². The Morgan fingerprint density at radius 2 is 2.09 bits per heavy atom. The summed E-state index contributed by atoms with van der Waals surface area (Å²) in [6.07, 6.45) is 2.08. The zero-order valence-electron chi connectivity index (χ0n) is 17.7. The van der Waals surface area contributed by atoms with Crippen LogP contribution in [0.2, 0.25) is 0 Å². The van der Waals surface area contributed by atoms with E-state index in [-0.39, 0.29) is 37.4 Å². The molecule has 3 amide bonds. The van der Waals surface area contributed by atoms with Gasteiger partial charge in [0.15, 0.2) is 11.5 Å². The fraction of sp³-hybridized carbons (Fsp3) is 0.227. The summed E-state index contributed by atoms with van der Waals surface area (Å²) in [5.74, 6) is 1.47. The van der Waals surface area contributed by atoms with Crippen LogP contribution in [0, 0.1) is 0 Å². The molecular weight excluding hydrogens is 480 g/mol. The van der Waals surface area contributed by atoms with Crippen LogP contribution in [0.3, 0.4) is 0 Å². The molecule has 10 nitrogen and oxygen atoms in total. The van der Waals surface area contributed by atoms with Gasteiger partial charge in [0.2, 0.25) is 24.4 Å². The van der Waals surface area contributed by atoms with Crippen molar-refractivity contribution in [3.8, 4) is 22.9 Å². The van der Waals surface area contributed by atoms with Gasteiger partial charge in [0.05, 0.1) is 4.91 Å². The van der Waals surface area contributed by atoms with Crippen molar-refractivity contribution < 1.29 is 28.4 Å². The number of imide groups is 1. The molecule has 0 saturated carbocycles. The normalized spacial score (nSPS) is 16.0. The number of fused-ring (bicyclic) bond motifs is 1. The van der Waals surface area contributed by atoms with Crippen molar-refractivity contribution >= 4 is 46.2 Å². The zero-order chi connectivity index (χ0) is 23.5. The van der Waals surface area contributed by atoms with Crippen LogP contribution >= 0.6 is 23.1 Å². The summed E-state index contributed by atoms with van der Waals surface area (Å²) in [5, 5.41) is 10.1. The number of aryl methyl sites for hydroxylation is 1. The van der Waals surface area contributed by atoms with E-state index in [1.165, 1.54) is 11.3 Å². The first-order valence-corrected chi connectivity index (χ1v) is 12.1. The third kappa shape index (κ3) is 4.82. The average molecular weight is 499 g/mol. The van der Waals surface area contributed by atoms with Gasteiger partial charge in [0.25, 0.3) is 11.1 Å². The highest BCUT2D eigenvalue weighted by molar-refractivity contribution is 8.18. The Labute approximate surface area is 201 Å². The van der Waals surface area contributed by atoms with E-state index in [0.29, 0.717) is 34.5 Å². The molecule has 0 bridgehead atoms. The maximum absolute atomic E-state index is 12.7. The molecule has 1 N–H and O–H groups in total. The Kier molecular flexibility index (Phi) is 6.32. The molecule has 12 heteroatoms. The summed E-state index contributed by atoms with van der Waals surface area (Å²) >= 11 is 2.40. The number of rotatable bonds is 8. The van der Waals surface area contributed by atoms with Crippen LogP contribution in [-0.4, -0.2) is 52.0 Å². The zero-order valence-corrected chi connectivity index (χ0v) is 19.3. The molecule has 0 aliphatic carbocycles. The predicted octanol–water partition coefficient (Wildman–Crippen LogP) is 3.31. The number of carbonyl (C=O) groups is 3. The van der Waals surface area contributed by atoms with Crippen LogP contribution in [0.5, 0.6) is 11.5 Å². The molecule has 3 aromatic rings. The molecule has 34 heavy (non-hydrogen) atoms. The number of benzene rings is 1. The van der Waals surface area contributed by atoms with E-state index in [2.05, 4.69) is 15.5 Å². The monoisotopic (exact) mass is 498 g/mol. The molecule has 2 aliphatic rings. The molecule has 4 heterocycles. The number of hydrogen-bond donors (Lipinski definition) is 1. The maximum Gasteiger partial charge on any atom is 0.293 e. The van der Waals surface area contributed by atoms with Gasteiger partial charge in [-0.2, -0.15) is 16.3 Å². The van der Waals surface area contributed by atoms with Crippen LogP contribution in [0.1, 0.15) is 17.9 Å². The lowest BCUT2D eigenvalue weighted by Crippen LogP contribution is -2.37. The van der Waals surface area contributed by atoms with Crippen molar-refractivity contribution in [3.63, 3.8) is 0 Å². The molecule has 1 saturated heterocycles.